The summed E-state index contributed by atoms with van der Waals surface area (Å²) in [5.74, 6) is 0. The molecule has 2 heterocycles. The highest BCUT2D eigenvalue weighted by atomic mass is 16.1. The monoisotopic (exact) mass is 285 g/mol. The van der Waals surface area contributed by atoms with Crippen LogP contribution in [0.2, 0.25) is 0 Å². The van der Waals surface area contributed by atoms with Crippen molar-refractivity contribution in [3.63, 3.8) is 0 Å². The maximum Gasteiger partial charge on any atom is 0.258 e. The predicted molar refractivity (Wildman–Crippen MR) is 83.4 cm³/mol. The Kier molecular flexibility index (Phi) is 2.85. The summed E-state index contributed by atoms with van der Waals surface area (Å²) in [4.78, 5) is 21.1. The molecule has 0 spiro atoms. The number of nitrogen functional groups attached to an aromatic ring is 1. The molecule has 1 aliphatic heterocycles. The summed E-state index contributed by atoms with van der Waals surface area (Å²) < 4.78 is 0. The van der Waals surface area contributed by atoms with Crippen LogP contribution < -0.4 is 16.6 Å². The third-order valence-corrected chi connectivity index (χ3v) is 4.45. The minimum Gasteiger partial charge on any atom is -0.397 e. The lowest BCUT2D eigenvalue weighted by molar-refractivity contribution is 0.326. The quantitative estimate of drug-likeness (QED) is 0.737. The number of H-pyrrole nitrogens is 1. The van der Waals surface area contributed by atoms with Gasteiger partial charge in [0.05, 0.1) is 28.6 Å². The van der Waals surface area contributed by atoms with Crippen LogP contribution in [0.3, 0.4) is 0 Å². The second kappa shape index (κ2) is 4.73. The van der Waals surface area contributed by atoms with Crippen molar-refractivity contribution in [3.05, 3.63) is 28.8 Å². The van der Waals surface area contributed by atoms with Gasteiger partial charge < -0.3 is 16.0 Å². The highest BCUT2D eigenvalue weighted by Crippen LogP contribution is 2.31. The number of aromatic nitrogens is 2. The summed E-state index contributed by atoms with van der Waals surface area (Å²) in [7, 11) is 0. The molecule has 2 aromatic rings. The molecule has 6 nitrogen and oxygen atoms in total. The van der Waals surface area contributed by atoms with Gasteiger partial charge in [-0.05, 0) is 31.4 Å². The average molecular weight is 285 g/mol. The Morgan fingerprint density at radius 2 is 2.19 bits per heavy atom. The van der Waals surface area contributed by atoms with E-state index >= 15 is 0 Å². The molecule has 0 amide bonds. The molecule has 0 radical (unpaired) electrons. The van der Waals surface area contributed by atoms with Crippen molar-refractivity contribution in [2.24, 2.45) is 0 Å². The van der Waals surface area contributed by atoms with Crippen molar-refractivity contribution in [1.82, 2.24) is 14.9 Å². The van der Waals surface area contributed by atoms with E-state index in [1.165, 1.54) is 19.2 Å². The molecule has 1 saturated carbocycles. The largest absolute Gasteiger partial charge is 0.397 e. The number of fused-ring (bicyclic) bond motifs is 1. The molecule has 1 saturated heterocycles. The van der Waals surface area contributed by atoms with E-state index < -0.39 is 0 Å². The SMILES string of the molecule is Nc1cc2c(=O)[nH]cnc2cc1NC1CCN(C2CC2)C1. The van der Waals surface area contributed by atoms with E-state index in [0.29, 0.717) is 22.6 Å². The molecule has 1 aliphatic carbocycles. The minimum absolute atomic E-state index is 0.154. The van der Waals surface area contributed by atoms with Crippen LogP contribution in [0.5, 0.6) is 0 Å². The third-order valence-electron chi connectivity index (χ3n) is 4.45. The summed E-state index contributed by atoms with van der Waals surface area (Å²) in [6, 6.07) is 4.81. The van der Waals surface area contributed by atoms with E-state index in [0.717, 1.165) is 31.2 Å². The number of likely N-dealkylation sites (tertiary alicyclic amines) is 1. The third kappa shape index (κ3) is 2.35. The Balaban J connectivity index is 1.58. The fourth-order valence-electron chi connectivity index (χ4n) is 3.15. The second-order valence-corrected chi connectivity index (χ2v) is 6.04. The summed E-state index contributed by atoms with van der Waals surface area (Å²) in [6.07, 6.45) is 5.25. The Morgan fingerprint density at radius 1 is 1.33 bits per heavy atom. The van der Waals surface area contributed by atoms with Gasteiger partial charge in [0, 0.05) is 25.2 Å². The van der Waals surface area contributed by atoms with Crippen molar-refractivity contribution in [3.8, 4) is 0 Å². The van der Waals surface area contributed by atoms with Crippen LogP contribution in [0.15, 0.2) is 23.3 Å². The summed E-state index contributed by atoms with van der Waals surface area (Å²) in [5, 5.41) is 4.05. The van der Waals surface area contributed by atoms with Crippen molar-refractivity contribution in [1.29, 1.82) is 0 Å². The van der Waals surface area contributed by atoms with Gasteiger partial charge in [-0.2, -0.15) is 0 Å². The number of anilines is 2. The topological polar surface area (TPSA) is 87.0 Å². The van der Waals surface area contributed by atoms with Gasteiger partial charge in [0.25, 0.3) is 5.56 Å². The summed E-state index contributed by atoms with van der Waals surface area (Å²) >= 11 is 0. The number of nitrogens with zero attached hydrogens (tertiary/aromatic N) is 2. The number of hydrogen-bond acceptors (Lipinski definition) is 5. The Bertz CT molecular complexity index is 736. The van der Waals surface area contributed by atoms with Crippen molar-refractivity contribution < 1.29 is 0 Å². The van der Waals surface area contributed by atoms with Crippen LogP contribution >= 0.6 is 0 Å². The molecule has 4 N–H and O–H groups in total. The van der Waals surface area contributed by atoms with Crippen LogP contribution in [0.1, 0.15) is 19.3 Å². The zero-order chi connectivity index (χ0) is 14.4. The van der Waals surface area contributed by atoms with E-state index in [2.05, 4.69) is 20.2 Å². The number of benzene rings is 1. The Labute approximate surface area is 122 Å². The highest BCUT2D eigenvalue weighted by molar-refractivity contribution is 5.88. The van der Waals surface area contributed by atoms with Crippen LogP contribution in [0.25, 0.3) is 10.9 Å². The molecule has 110 valence electrons. The Hall–Kier alpha value is -2.08. The van der Waals surface area contributed by atoms with E-state index in [9.17, 15) is 4.79 Å². The van der Waals surface area contributed by atoms with Gasteiger partial charge in [0.15, 0.2) is 0 Å². The molecule has 0 bridgehead atoms. The minimum atomic E-state index is -0.154. The number of rotatable bonds is 3. The highest BCUT2D eigenvalue weighted by Gasteiger charge is 2.34. The van der Waals surface area contributed by atoms with E-state index in [1.54, 1.807) is 6.07 Å². The molecule has 1 unspecified atom stereocenters. The van der Waals surface area contributed by atoms with Gasteiger partial charge >= 0.3 is 0 Å². The van der Waals surface area contributed by atoms with Gasteiger partial charge in [0.1, 0.15) is 0 Å². The maximum absolute atomic E-state index is 11.7. The fraction of sp³-hybridized carbons (Fsp3) is 0.467. The zero-order valence-electron chi connectivity index (χ0n) is 11.8. The molecule has 1 aromatic carbocycles. The predicted octanol–water partition coefficient (Wildman–Crippen LogP) is 1.15. The lowest BCUT2D eigenvalue weighted by atomic mass is 10.1. The first kappa shape index (κ1) is 12.6. The number of hydrogen-bond donors (Lipinski definition) is 3. The van der Waals surface area contributed by atoms with Crippen molar-refractivity contribution in [2.75, 3.05) is 24.1 Å². The van der Waals surface area contributed by atoms with Crippen molar-refractivity contribution >= 4 is 22.3 Å². The van der Waals surface area contributed by atoms with E-state index in [-0.39, 0.29) is 5.56 Å². The van der Waals surface area contributed by atoms with Crippen LogP contribution in [-0.2, 0) is 0 Å². The average Bonchev–Trinajstić information content (AvgIpc) is 3.22. The summed E-state index contributed by atoms with van der Waals surface area (Å²) in [5.41, 5.74) is 8.08. The van der Waals surface area contributed by atoms with Crippen LogP contribution in [-0.4, -0.2) is 40.0 Å². The number of nitrogens with two attached hydrogens (primary N) is 1. The van der Waals surface area contributed by atoms with E-state index in [1.807, 2.05) is 6.07 Å². The van der Waals surface area contributed by atoms with Gasteiger partial charge in [-0.15, -0.1) is 0 Å². The first-order chi connectivity index (χ1) is 10.2. The molecular weight excluding hydrogens is 266 g/mol. The normalized spacial score (nSPS) is 22.8. The molecule has 1 aromatic heterocycles. The van der Waals surface area contributed by atoms with Gasteiger partial charge in [-0.25, -0.2) is 4.98 Å². The van der Waals surface area contributed by atoms with Gasteiger partial charge in [-0.3, -0.25) is 9.69 Å². The number of aromatic amines is 1. The van der Waals surface area contributed by atoms with E-state index in [4.69, 9.17) is 5.73 Å². The standard InChI is InChI=1S/C15H19N5O/c16-12-5-11-13(17-8-18-15(11)21)6-14(12)19-9-3-4-20(7-9)10-1-2-10/h5-6,8-10,19H,1-4,7,16H2,(H,17,18,21). The second-order valence-electron chi connectivity index (χ2n) is 6.04. The molecule has 2 fully saturated rings. The lowest BCUT2D eigenvalue weighted by Crippen LogP contribution is -2.28. The molecule has 2 aliphatic rings. The smallest absolute Gasteiger partial charge is 0.258 e. The van der Waals surface area contributed by atoms with Gasteiger partial charge in [-0.1, -0.05) is 0 Å². The zero-order valence-corrected chi connectivity index (χ0v) is 11.8. The Morgan fingerprint density at radius 3 is 3.00 bits per heavy atom. The number of nitrogens with one attached hydrogen (secondary N) is 2. The first-order valence-electron chi connectivity index (χ1n) is 7.48. The molecule has 4 rings (SSSR count). The lowest BCUT2D eigenvalue weighted by Gasteiger charge is -2.18. The summed E-state index contributed by atoms with van der Waals surface area (Å²) in [6.45, 7) is 2.23. The van der Waals surface area contributed by atoms with Gasteiger partial charge in [0.2, 0.25) is 0 Å². The fourth-order valence-corrected chi connectivity index (χ4v) is 3.15. The molecule has 6 heteroatoms. The maximum atomic E-state index is 11.7. The molecule has 21 heavy (non-hydrogen) atoms. The van der Waals surface area contributed by atoms with Crippen molar-refractivity contribution in [2.45, 2.75) is 31.3 Å². The first-order valence-corrected chi connectivity index (χ1v) is 7.48. The van der Waals surface area contributed by atoms with Crippen LogP contribution in [0, 0.1) is 0 Å². The van der Waals surface area contributed by atoms with Crippen LogP contribution in [0.4, 0.5) is 11.4 Å². The molecule has 1 atom stereocenters. The molecular formula is C15H19N5O.